The molecular weight excluding hydrogens is 282 g/mol. The predicted molar refractivity (Wildman–Crippen MR) is 83.7 cm³/mol. The molecule has 2 rings (SSSR count). The molecule has 6 heteroatoms. The maximum absolute atomic E-state index is 12.7. The number of para-hydroxylation sites is 1. The van der Waals surface area contributed by atoms with Crippen LogP contribution in [0.25, 0.3) is 11.0 Å². The number of benzene rings is 1. The van der Waals surface area contributed by atoms with Gasteiger partial charge in [0.15, 0.2) is 0 Å². The van der Waals surface area contributed by atoms with Crippen LogP contribution in [0.2, 0.25) is 0 Å². The van der Waals surface area contributed by atoms with Crippen molar-refractivity contribution in [3.8, 4) is 0 Å². The standard InChI is InChI=1S/C16H21N3O3/c1-4-16(5-2,9-13(20)21)18-15(22)11-7-6-8-12-14(11)19(3)10-17-12/h6-8,10H,4-5,9H2,1-3H3,(H,18,22)(H,20,21). The lowest BCUT2D eigenvalue weighted by molar-refractivity contribution is -0.138. The molecule has 1 amide bonds. The number of aliphatic carboxylic acids is 1. The first-order valence-corrected chi connectivity index (χ1v) is 7.37. The number of nitrogens with zero attached hydrogens (tertiary/aromatic N) is 2. The Morgan fingerprint density at radius 2 is 2.00 bits per heavy atom. The molecule has 0 fully saturated rings. The van der Waals surface area contributed by atoms with E-state index in [0.29, 0.717) is 18.4 Å². The summed E-state index contributed by atoms with van der Waals surface area (Å²) in [5, 5.41) is 12.0. The Bertz CT molecular complexity index is 702. The number of hydrogen-bond acceptors (Lipinski definition) is 3. The van der Waals surface area contributed by atoms with Crippen molar-refractivity contribution in [3.63, 3.8) is 0 Å². The van der Waals surface area contributed by atoms with Crippen molar-refractivity contribution >= 4 is 22.9 Å². The molecule has 0 saturated carbocycles. The first-order valence-electron chi connectivity index (χ1n) is 7.37. The molecule has 0 saturated heterocycles. The Morgan fingerprint density at radius 3 is 2.59 bits per heavy atom. The van der Waals surface area contributed by atoms with Crippen molar-refractivity contribution in [2.24, 2.45) is 7.05 Å². The first kappa shape index (κ1) is 16.0. The van der Waals surface area contributed by atoms with E-state index < -0.39 is 11.5 Å². The fourth-order valence-corrected chi connectivity index (χ4v) is 2.71. The summed E-state index contributed by atoms with van der Waals surface area (Å²) in [7, 11) is 1.83. The van der Waals surface area contributed by atoms with Gasteiger partial charge in [0.05, 0.1) is 34.9 Å². The molecule has 0 radical (unpaired) electrons. The molecule has 1 aromatic carbocycles. The minimum Gasteiger partial charge on any atom is -0.481 e. The molecule has 0 bridgehead atoms. The van der Waals surface area contributed by atoms with Crippen LogP contribution < -0.4 is 5.32 Å². The molecule has 0 unspecified atom stereocenters. The molecule has 2 aromatic rings. The number of imidazole rings is 1. The molecule has 1 heterocycles. The number of aromatic nitrogens is 2. The van der Waals surface area contributed by atoms with Crippen LogP contribution in [0.15, 0.2) is 24.5 Å². The molecule has 0 aliphatic heterocycles. The molecule has 0 atom stereocenters. The van der Waals surface area contributed by atoms with Gasteiger partial charge in [-0.3, -0.25) is 9.59 Å². The second kappa shape index (κ2) is 6.17. The lowest BCUT2D eigenvalue weighted by atomic mass is 9.88. The van der Waals surface area contributed by atoms with Crippen molar-refractivity contribution < 1.29 is 14.7 Å². The van der Waals surface area contributed by atoms with Gasteiger partial charge in [0, 0.05) is 7.05 Å². The van der Waals surface area contributed by atoms with Crippen LogP contribution in [-0.2, 0) is 11.8 Å². The number of carbonyl (C=O) groups excluding carboxylic acids is 1. The number of carbonyl (C=O) groups is 2. The summed E-state index contributed by atoms with van der Waals surface area (Å²) in [6, 6.07) is 5.35. The van der Waals surface area contributed by atoms with Crippen molar-refractivity contribution in [1.29, 1.82) is 0 Å². The van der Waals surface area contributed by atoms with Gasteiger partial charge in [-0.2, -0.15) is 0 Å². The van der Waals surface area contributed by atoms with Crippen LogP contribution in [0.1, 0.15) is 43.5 Å². The van der Waals surface area contributed by atoms with Crippen molar-refractivity contribution in [3.05, 3.63) is 30.1 Å². The summed E-state index contributed by atoms with van der Waals surface area (Å²) in [5.74, 6) is -1.18. The topological polar surface area (TPSA) is 84.2 Å². The van der Waals surface area contributed by atoms with E-state index in [9.17, 15) is 9.59 Å². The number of amides is 1. The van der Waals surface area contributed by atoms with Crippen LogP contribution in [0.4, 0.5) is 0 Å². The maximum Gasteiger partial charge on any atom is 0.305 e. The molecule has 22 heavy (non-hydrogen) atoms. The zero-order chi connectivity index (χ0) is 16.3. The average molecular weight is 303 g/mol. The molecule has 6 nitrogen and oxygen atoms in total. The third-order valence-electron chi connectivity index (χ3n) is 4.20. The fourth-order valence-electron chi connectivity index (χ4n) is 2.71. The molecule has 1 aromatic heterocycles. The summed E-state index contributed by atoms with van der Waals surface area (Å²) in [4.78, 5) is 28.0. The lowest BCUT2D eigenvalue weighted by Crippen LogP contribution is -2.49. The van der Waals surface area contributed by atoms with Gasteiger partial charge in [0.1, 0.15) is 0 Å². The van der Waals surface area contributed by atoms with Gasteiger partial charge in [0.25, 0.3) is 5.91 Å². The minimum absolute atomic E-state index is 0.0902. The molecular formula is C16H21N3O3. The predicted octanol–water partition coefficient (Wildman–Crippen LogP) is 2.34. The van der Waals surface area contributed by atoms with E-state index >= 15 is 0 Å². The zero-order valence-electron chi connectivity index (χ0n) is 13.1. The highest BCUT2D eigenvalue weighted by molar-refractivity contribution is 6.05. The van der Waals surface area contributed by atoms with Crippen LogP contribution in [0.5, 0.6) is 0 Å². The van der Waals surface area contributed by atoms with Crippen molar-refractivity contribution in [1.82, 2.24) is 14.9 Å². The molecule has 118 valence electrons. The van der Waals surface area contributed by atoms with E-state index in [1.165, 1.54) is 0 Å². The van der Waals surface area contributed by atoms with E-state index in [1.54, 1.807) is 23.0 Å². The SMILES string of the molecule is CCC(CC)(CC(=O)O)NC(=O)c1cccc2ncn(C)c12. The molecule has 2 N–H and O–H groups in total. The Labute approximate surface area is 129 Å². The fraction of sp³-hybridized carbons (Fsp3) is 0.438. The van der Waals surface area contributed by atoms with E-state index in [-0.39, 0.29) is 12.3 Å². The summed E-state index contributed by atoms with van der Waals surface area (Å²) in [6.07, 6.45) is 2.69. The van der Waals surface area contributed by atoms with E-state index in [0.717, 1.165) is 11.0 Å². The number of hydrogen-bond donors (Lipinski definition) is 2. The van der Waals surface area contributed by atoms with Crippen LogP contribution in [0.3, 0.4) is 0 Å². The number of rotatable bonds is 6. The number of carboxylic acid groups (broad SMARTS) is 1. The summed E-state index contributed by atoms with van der Waals surface area (Å²) in [6.45, 7) is 3.77. The van der Waals surface area contributed by atoms with Crippen LogP contribution in [-0.4, -0.2) is 32.1 Å². The highest BCUT2D eigenvalue weighted by atomic mass is 16.4. The maximum atomic E-state index is 12.7. The van der Waals surface area contributed by atoms with Crippen LogP contribution in [0, 0.1) is 0 Å². The summed E-state index contributed by atoms with van der Waals surface area (Å²) in [5.41, 5.74) is 1.27. The van der Waals surface area contributed by atoms with Gasteiger partial charge in [-0.15, -0.1) is 0 Å². The number of carboxylic acids is 1. The Hall–Kier alpha value is -2.37. The first-order chi connectivity index (χ1) is 10.4. The number of fused-ring (bicyclic) bond motifs is 1. The highest BCUT2D eigenvalue weighted by Gasteiger charge is 2.31. The molecule has 0 aliphatic rings. The number of nitrogens with one attached hydrogen (secondary N) is 1. The Balaban J connectivity index is 2.37. The zero-order valence-corrected chi connectivity index (χ0v) is 13.1. The van der Waals surface area contributed by atoms with Crippen LogP contribution >= 0.6 is 0 Å². The molecule has 0 spiro atoms. The highest BCUT2D eigenvalue weighted by Crippen LogP contribution is 2.23. The van der Waals surface area contributed by atoms with Gasteiger partial charge >= 0.3 is 5.97 Å². The van der Waals surface area contributed by atoms with E-state index in [4.69, 9.17) is 5.11 Å². The van der Waals surface area contributed by atoms with Crippen molar-refractivity contribution in [2.45, 2.75) is 38.6 Å². The van der Waals surface area contributed by atoms with Gasteiger partial charge in [0.2, 0.25) is 0 Å². The summed E-state index contributed by atoms with van der Waals surface area (Å²) >= 11 is 0. The van der Waals surface area contributed by atoms with E-state index in [1.807, 2.05) is 27.0 Å². The second-order valence-corrected chi connectivity index (χ2v) is 5.54. The molecule has 0 aliphatic carbocycles. The van der Waals surface area contributed by atoms with Gasteiger partial charge in [-0.1, -0.05) is 19.9 Å². The number of aryl methyl sites for hydroxylation is 1. The van der Waals surface area contributed by atoms with E-state index in [2.05, 4.69) is 10.3 Å². The smallest absolute Gasteiger partial charge is 0.305 e. The quantitative estimate of drug-likeness (QED) is 0.858. The van der Waals surface area contributed by atoms with Gasteiger partial charge < -0.3 is 15.0 Å². The normalized spacial score (nSPS) is 11.6. The van der Waals surface area contributed by atoms with Gasteiger partial charge in [-0.05, 0) is 25.0 Å². The third-order valence-corrected chi connectivity index (χ3v) is 4.20. The minimum atomic E-state index is -0.914. The largest absolute Gasteiger partial charge is 0.481 e. The Kier molecular flexibility index (Phi) is 4.49. The second-order valence-electron chi connectivity index (χ2n) is 5.54. The third kappa shape index (κ3) is 2.95. The Morgan fingerprint density at radius 1 is 1.32 bits per heavy atom. The average Bonchev–Trinajstić information content (AvgIpc) is 2.87. The van der Waals surface area contributed by atoms with Gasteiger partial charge in [-0.25, -0.2) is 4.98 Å². The van der Waals surface area contributed by atoms with Crippen molar-refractivity contribution in [2.75, 3.05) is 0 Å². The summed E-state index contributed by atoms with van der Waals surface area (Å²) < 4.78 is 1.79. The lowest BCUT2D eigenvalue weighted by Gasteiger charge is -2.31. The monoisotopic (exact) mass is 303 g/mol.